The Morgan fingerprint density at radius 3 is 2.50 bits per heavy atom. The number of halogens is 1. The molecular weight excluding hydrogens is 351 g/mol. The summed E-state index contributed by atoms with van der Waals surface area (Å²) in [5.41, 5.74) is 3.93. The van der Waals surface area contributed by atoms with Gasteiger partial charge in [0.25, 0.3) is 0 Å². The summed E-state index contributed by atoms with van der Waals surface area (Å²) in [6.45, 7) is 0. The lowest BCUT2D eigenvalue weighted by Crippen LogP contribution is -2.23. The SMILES string of the molecule is O=C(CSc1ccccc1F)N/N=C1\C(=O)c2cccc3cccc1c23. The largest absolute Gasteiger partial charge is 0.287 e. The average molecular weight is 364 g/mol. The minimum Gasteiger partial charge on any atom is -0.287 e. The molecule has 4 rings (SSSR count). The first-order valence-electron chi connectivity index (χ1n) is 7.96. The van der Waals surface area contributed by atoms with E-state index >= 15 is 0 Å². The third kappa shape index (κ3) is 2.88. The number of amides is 1. The van der Waals surface area contributed by atoms with Crippen molar-refractivity contribution in [3.05, 3.63) is 77.6 Å². The smallest absolute Gasteiger partial charge is 0.250 e. The molecule has 0 aliphatic heterocycles. The second-order valence-corrected chi connectivity index (χ2v) is 6.77. The lowest BCUT2D eigenvalue weighted by molar-refractivity contribution is -0.118. The quantitative estimate of drug-likeness (QED) is 0.566. The number of hydrazone groups is 1. The number of carbonyl (C=O) groups is 2. The minimum absolute atomic E-state index is 0.00303. The lowest BCUT2D eigenvalue weighted by Gasteiger charge is -2.03. The summed E-state index contributed by atoms with van der Waals surface area (Å²) >= 11 is 1.08. The second kappa shape index (κ2) is 6.72. The molecule has 128 valence electrons. The Morgan fingerprint density at radius 2 is 1.73 bits per heavy atom. The lowest BCUT2D eigenvalue weighted by atomic mass is 10.1. The Kier molecular flexibility index (Phi) is 4.26. The normalized spacial score (nSPS) is 14.2. The van der Waals surface area contributed by atoms with Crippen molar-refractivity contribution < 1.29 is 14.0 Å². The first kappa shape index (κ1) is 16.5. The third-order valence-corrected chi connectivity index (χ3v) is 5.16. The fourth-order valence-electron chi connectivity index (χ4n) is 2.94. The van der Waals surface area contributed by atoms with E-state index in [2.05, 4.69) is 10.5 Å². The molecule has 3 aromatic carbocycles. The monoisotopic (exact) mass is 364 g/mol. The van der Waals surface area contributed by atoms with Gasteiger partial charge < -0.3 is 0 Å². The van der Waals surface area contributed by atoms with Crippen LogP contribution >= 0.6 is 11.8 Å². The Balaban J connectivity index is 1.51. The van der Waals surface area contributed by atoms with Crippen LogP contribution in [0.4, 0.5) is 4.39 Å². The van der Waals surface area contributed by atoms with Crippen LogP contribution in [0.5, 0.6) is 0 Å². The van der Waals surface area contributed by atoms with Crippen LogP contribution in [0, 0.1) is 5.82 Å². The molecule has 0 aromatic heterocycles. The molecule has 4 nitrogen and oxygen atoms in total. The summed E-state index contributed by atoms with van der Waals surface area (Å²) < 4.78 is 13.6. The van der Waals surface area contributed by atoms with E-state index in [0.717, 1.165) is 22.5 Å². The van der Waals surface area contributed by atoms with Crippen molar-refractivity contribution in [2.75, 3.05) is 5.75 Å². The predicted octanol–water partition coefficient (Wildman–Crippen LogP) is 3.79. The fraction of sp³-hybridized carbons (Fsp3) is 0.0500. The molecule has 0 fully saturated rings. The molecule has 0 heterocycles. The van der Waals surface area contributed by atoms with Crippen molar-refractivity contribution in [3.63, 3.8) is 0 Å². The van der Waals surface area contributed by atoms with Crippen LogP contribution in [0.15, 0.2) is 70.7 Å². The van der Waals surface area contributed by atoms with Gasteiger partial charge in [0.15, 0.2) is 0 Å². The zero-order valence-electron chi connectivity index (χ0n) is 13.5. The van der Waals surface area contributed by atoms with Gasteiger partial charge in [-0.25, -0.2) is 9.82 Å². The molecule has 0 bridgehead atoms. The number of hydrogen-bond acceptors (Lipinski definition) is 4. The van der Waals surface area contributed by atoms with E-state index in [9.17, 15) is 14.0 Å². The van der Waals surface area contributed by atoms with Crippen molar-refractivity contribution in [2.24, 2.45) is 5.10 Å². The molecule has 6 heteroatoms. The average Bonchev–Trinajstić information content (AvgIpc) is 2.93. The summed E-state index contributed by atoms with van der Waals surface area (Å²) in [7, 11) is 0. The van der Waals surface area contributed by atoms with E-state index in [1.165, 1.54) is 6.07 Å². The Labute approximate surface area is 153 Å². The Morgan fingerprint density at radius 1 is 1.00 bits per heavy atom. The molecular formula is C20H13FN2O2S. The van der Waals surface area contributed by atoms with Crippen LogP contribution in [-0.2, 0) is 4.79 Å². The highest BCUT2D eigenvalue weighted by molar-refractivity contribution is 8.00. The van der Waals surface area contributed by atoms with E-state index in [-0.39, 0.29) is 23.1 Å². The van der Waals surface area contributed by atoms with Crippen molar-refractivity contribution in [2.45, 2.75) is 4.90 Å². The van der Waals surface area contributed by atoms with E-state index in [4.69, 9.17) is 0 Å². The van der Waals surface area contributed by atoms with Crippen molar-refractivity contribution in [1.29, 1.82) is 0 Å². The highest BCUT2D eigenvalue weighted by Crippen LogP contribution is 2.30. The maximum Gasteiger partial charge on any atom is 0.250 e. The molecule has 0 spiro atoms. The van der Waals surface area contributed by atoms with Crippen LogP contribution in [0.1, 0.15) is 15.9 Å². The summed E-state index contributed by atoms with van der Waals surface area (Å²) in [6, 6.07) is 17.4. The Hall–Kier alpha value is -2.99. The second-order valence-electron chi connectivity index (χ2n) is 5.75. The number of hydrogen-bond donors (Lipinski definition) is 1. The predicted molar refractivity (Wildman–Crippen MR) is 100 cm³/mol. The zero-order chi connectivity index (χ0) is 18.1. The molecule has 1 amide bonds. The summed E-state index contributed by atoms with van der Waals surface area (Å²) in [5.74, 6) is -0.978. The van der Waals surface area contributed by atoms with Crippen molar-refractivity contribution in [3.8, 4) is 0 Å². The van der Waals surface area contributed by atoms with Crippen LogP contribution in [-0.4, -0.2) is 23.2 Å². The van der Waals surface area contributed by atoms with Gasteiger partial charge in [0.2, 0.25) is 11.7 Å². The van der Waals surface area contributed by atoms with Gasteiger partial charge in [-0.15, -0.1) is 11.8 Å². The molecule has 0 atom stereocenters. The topological polar surface area (TPSA) is 58.5 Å². The summed E-state index contributed by atoms with van der Waals surface area (Å²) in [4.78, 5) is 25.0. The van der Waals surface area contributed by atoms with Crippen LogP contribution in [0.3, 0.4) is 0 Å². The summed E-state index contributed by atoms with van der Waals surface area (Å²) in [6.07, 6.45) is 0. The number of Topliss-reactive ketones (excluding diaryl/α,β-unsaturated/α-hetero) is 1. The molecule has 26 heavy (non-hydrogen) atoms. The standard InChI is InChI=1S/C20H13FN2O2S/c21-15-9-1-2-10-16(15)26-11-17(24)22-23-19-13-7-3-5-12-6-4-8-14(18(12)13)20(19)25/h1-10H,11H2,(H,22,24)/b23-19-. The maximum absolute atomic E-state index is 13.6. The van der Waals surface area contributed by atoms with E-state index in [1.807, 2.05) is 30.3 Å². The van der Waals surface area contributed by atoms with Gasteiger partial charge in [-0.2, -0.15) is 5.10 Å². The van der Waals surface area contributed by atoms with E-state index in [0.29, 0.717) is 16.0 Å². The number of nitrogens with zero attached hydrogens (tertiary/aromatic N) is 1. The highest BCUT2D eigenvalue weighted by atomic mass is 32.2. The van der Waals surface area contributed by atoms with Crippen LogP contribution in [0.25, 0.3) is 10.8 Å². The van der Waals surface area contributed by atoms with Crippen LogP contribution in [0.2, 0.25) is 0 Å². The molecule has 1 aliphatic rings. The minimum atomic E-state index is -0.401. The maximum atomic E-state index is 13.6. The van der Waals surface area contributed by atoms with Crippen molar-refractivity contribution >= 4 is 39.9 Å². The number of benzene rings is 3. The Bertz CT molecular complexity index is 1070. The number of rotatable bonds is 4. The van der Waals surface area contributed by atoms with Gasteiger partial charge in [0.1, 0.15) is 11.5 Å². The highest BCUT2D eigenvalue weighted by Gasteiger charge is 2.28. The molecule has 0 radical (unpaired) electrons. The first-order valence-corrected chi connectivity index (χ1v) is 8.94. The summed E-state index contributed by atoms with van der Waals surface area (Å²) in [5, 5.41) is 5.85. The number of thioether (sulfide) groups is 1. The third-order valence-electron chi connectivity index (χ3n) is 4.11. The van der Waals surface area contributed by atoms with E-state index in [1.54, 1.807) is 24.3 Å². The first-order chi connectivity index (χ1) is 12.6. The number of ketones is 1. The molecule has 0 unspecified atom stereocenters. The van der Waals surface area contributed by atoms with Gasteiger partial charge in [-0.1, -0.05) is 48.5 Å². The van der Waals surface area contributed by atoms with Gasteiger partial charge >= 0.3 is 0 Å². The van der Waals surface area contributed by atoms with Gasteiger partial charge in [-0.05, 0) is 17.5 Å². The van der Waals surface area contributed by atoms with Crippen LogP contribution < -0.4 is 5.43 Å². The molecule has 0 saturated heterocycles. The zero-order valence-corrected chi connectivity index (χ0v) is 14.3. The fourth-order valence-corrected chi connectivity index (χ4v) is 3.68. The van der Waals surface area contributed by atoms with Gasteiger partial charge in [0.05, 0.1) is 5.75 Å². The van der Waals surface area contributed by atoms with Crippen molar-refractivity contribution in [1.82, 2.24) is 5.43 Å². The molecule has 1 N–H and O–H groups in total. The van der Waals surface area contributed by atoms with Gasteiger partial charge in [0, 0.05) is 21.4 Å². The van der Waals surface area contributed by atoms with E-state index < -0.39 is 5.91 Å². The number of nitrogens with one attached hydrogen (secondary N) is 1. The molecule has 0 saturated carbocycles. The van der Waals surface area contributed by atoms with Gasteiger partial charge in [-0.3, -0.25) is 9.59 Å². The molecule has 3 aromatic rings. The number of carbonyl (C=O) groups excluding carboxylic acids is 2. The molecule has 1 aliphatic carbocycles.